The van der Waals surface area contributed by atoms with Gasteiger partial charge in [0.05, 0.1) is 0 Å². The van der Waals surface area contributed by atoms with Crippen LogP contribution >= 0.6 is 11.8 Å². The van der Waals surface area contributed by atoms with Crippen LogP contribution in [0.15, 0.2) is 47.9 Å². The SMILES string of the molecule is C=CCCCC(CSc1ccccc1)NCCC. The predicted octanol–water partition coefficient (Wildman–Crippen LogP) is 4.50. The average Bonchev–Trinajstić information content (AvgIpc) is 2.42. The fourth-order valence-corrected chi connectivity index (χ4v) is 2.84. The summed E-state index contributed by atoms with van der Waals surface area (Å²) >= 11 is 1.95. The lowest BCUT2D eigenvalue weighted by molar-refractivity contribution is 0.506. The van der Waals surface area contributed by atoms with E-state index in [0.29, 0.717) is 6.04 Å². The van der Waals surface area contributed by atoms with Crippen molar-refractivity contribution in [1.29, 1.82) is 0 Å². The van der Waals surface area contributed by atoms with E-state index < -0.39 is 0 Å². The first kappa shape index (κ1) is 15.3. The van der Waals surface area contributed by atoms with Gasteiger partial charge in [-0.3, -0.25) is 0 Å². The van der Waals surface area contributed by atoms with Crippen molar-refractivity contribution >= 4 is 11.8 Å². The Bertz CT molecular complexity index is 310. The molecule has 18 heavy (non-hydrogen) atoms. The van der Waals surface area contributed by atoms with Gasteiger partial charge in [0.1, 0.15) is 0 Å². The zero-order valence-electron chi connectivity index (χ0n) is 11.4. The summed E-state index contributed by atoms with van der Waals surface area (Å²) in [5, 5.41) is 3.64. The largest absolute Gasteiger partial charge is 0.313 e. The molecule has 1 unspecified atom stereocenters. The fraction of sp³-hybridized carbons (Fsp3) is 0.500. The van der Waals surface area contributed by atoms with Crippen LogP contribution in [0.2, 0.25) is 0 Å². The lowest BCUT2D eigenvalue weighted by Gasteiger charge is -2.17. The third kappa shape index (κ3) is 6.87. The molecule has 0 heterocycles. The molecule has 0 aliphatic carbocycles. The zero-order chi connectivity index (χ0) is 13.1. The minimum atomic E-state index is 0.620. The molecular weight excluding hydrogens is 238 g/mol. The summed E-state index contributed by atoms with van der Waals surface area (Å²) in [7, 11) is 0. The molecule has 0 spiro atoms. The van der Waals surface area contributed by atoms with E-state index in [2.05, 4.69) is 49.2 Å². The van der Waals surface area contributed by atoms with Crippen molar-refractivity contribution in [2.75, 3.05) is 12.3 Å². The van der Waals surface area contributed by atoms with Gasteiger partial charge < -0.3 is 5.32 Å². The van der Waals surface area contributed by atoms with Gasteiger partial charge in [0.25, 0.3) is 0 Å². The van der Waals surface area contributed by atoms with E-state index in [1.54, 1.807) is 0 Å². The van der Waals surface area contributed by atoms with Crippen LogP contribution in [0.4, 0.5) is 0 Å². The molecule has 0 saturated heterocycles. The van der Waals surface area contributed by atoms with Gasteiger partial charge >= 0.3 is 0 Å². The summed E-state index contributed by atoms with van der Waals surface area (Å²) in [6.45, 7) is 7.13. The molecule has 0 radical (unpaired) electrons. The monoisotopic (exact) mass is 263 g/mol. The first-order valence-electron chi connectivity index (χ1n) is 6.89. The lowest BCUT2D eigenvalue weighted by atomic mass is 10.1. The second kappa shape index (κ2) is 10.2. The van der Waals surface area contributed by atoms with Gasteiger partial charge in [0.2, 0.25) is 0 Å². The molecule has 0 amide bonds. The van der Waals surface area contributed by atoms with Gasteiger partial charge in [0.15, 0.2) is 0 Å². The van der Waals surface area contributed by atoms with E-state index in [4.69, 9.17) is 0 Å². The molecule has 0 aromatic heterocycles. The average molecular weight is 263 g/mol. The molecular formula is C16H25NS. The van der Waals surface area contributed by atoms with Crippen LogP contribution < -0.4 is 5.32 Å². The topological polar surface area (TPSA) is 12.0 Å². The number of rotatable bonds is 10. The third-order valence-corrected chi connectivity index (χ3v) is 4.01. The molecule has 1 N–H and O–H groups in total. The Labute approximate surface area is 116 Å². The standard InChI is InChI=1S/C16H25NS/c1-3-5-7-10-15(17-13-4-2)14-18-16-11-8-6-9-12-16/h3,6,8-9,11-12,15,17H,1,4-5,7,10,13-14H2,2H3. The van der Waals surface area contributed by atoms with Crippen molar-refractivity contribution in [3.8, 4) is 0 Å². The Balaban J connectivity index is 2.32. The molecule has 2 heteroatoms. The molecule has 0 fully saturated rings. The van der Waals surface area contributed by atoms with Gasteiger partial charge in [-0.2, -0.15) is 0 Å². The van der Waals surface area contributed by atoms with E-state index in [1.807, 2.05) is 17.8 Å². The maximum atomic E-state index is 3.79. The van der Waals surface area contributed by atoms with Crippen molar-refractivity contribution < 1.29 is 0 Å². The van der Waals surface area contributed by atoms with E-state index in [0.717, 1.165) is 18.7 Å². The maximum absolute atomic E-state index is 3.79. The normalized spacial score (nSPS) is 12.3. The van der Waals surface area contributed by atoms with Crippen LogP contribution in [0.1, 0.15) is 32.6 Å². The Kier molecular flexibility index (Phi) is 8.70. The minimum absolute atomic E-state index is 0.620. The van der Waals surface area contributed by atoms with Crippen molar-refractivity contribution in [3.63, 3.8) is 0 Å². The third-order valence-electron chi connectivity index (χ3n) is 2.84. The van der Waals surface area contributed by atoms with Gasteiger partial charge in [0, 0.05) is 16.7 Å². The number of allylic oxidation sites excluding steroid dienone is 1. The Morgan fingerprint density at radius 1 is 1.33 bits per heavy atom. The van der Waals surface area contributed by atoms with Crippen LogP contribution in [0.5, 0.6) is 0 Å². The maximum Gasteiger partial charge on any atom is 0.0161 e. The van der Waals surface area contributed by atoms with Crippen LogP contribution in [0.25, 0.3) is 0 Å². The molecule has 0 aliphatic rings. The van der Waals surface area contributed by atoms with E-state index >= 15 is 0 Å². The quantitative estimate of drug-likeness (QED) is 0.379. The number of benzene rings is 1. The van der Waals surface area contributed by atoms with Gasteiger partial charge in [-0.1, -0.05) is 31.2 Å². The first-order valence-corrected chi connectivity index (χ1v) is 7.87. The van der Waals surface area contributed by atoms with Crippen LogP contribution in [-0.4, -0.2) is 18.3 Å². The van der Waals surface area contributed by atoms with Gasteiger partial charge in [-0.25, -0.2) is 0 Å². The molecule has 1 rings (SSSR count). The second-order valence-electron chi connectivity index (χ2n) is 4.49. The molecule has 1 atom stereocenters. The lowest BCUT2D eigenvalue weighted by Crippen LogP contribution is -2.31. The molecule has 1 nitrogen and oxygen atoms in total. The number of hydrogen-bond acceptors (Lipinski definition) is 2. The smallest absolute Gasteiger partial charge is 0.0161 e. The van der Waals surface area contributed by atoms with E-state index in [-0.39, 0.29) is 0 Å². The zero-order valence-corrected chi connectivity index (χ0v) is 12.2. The molecule has 0 saturated carbocycles. The summed E-state index contributed by atoms with van der Waals surface area (Å²) in [6, 6.07) is 11.3. The summed E-state index contributed by atoms with van der Waals surface area (Å²) < 4.78 is 0. The molecule has 1 aromatic carbocycles. The van der Waals surface area contributed by atoms with Crippen LogP contribution in [-0.2, 0) is 0 Å². The fourth-order valence-electron chi connectivity index (χ4n) is 1.81. The predicted molar refractivity (Wildman–Crippen MR) is 83.3 cm³/mol. The van der Waals surface area contributed by atoms with Crippen LogP contribution in [0, 0.1) is 0 Å². The number of hydrogen-bond donors (Lipinski definition) is 1. The van der Waals surface area contributed by atoms with Crippen molar-refractivity contribution in [1.82, 2.24) is 5.32 Å². The van der Waals surface area contributed by atoms with Gasteiger partial charge in [-0.05, 0) is 44.4 Å². The summed E-state index contributed by atoms with van der Waals surface area (Å²) in [4.78, 5) is 1.37. The van der Waals surface area contributed by atoms with Crippen molar-refractivity contribution in [2.24, 2.45) is 0 Å². The van der Waals surface area contributed by atoms with Gasteiger partial charge in [-0.15, -0.1) is 18.3 Å². The molecule has 1 aromatic rings. The first-order chi connectivity index (χ1) is 8.86. The number of unbranched alkanes of at least 4 members (excludes halogenated alkanes) is 1. The summed E-state index contributed by atoms with van der Waals surface area (Å²) in [6.07, 6.45) is 6.82. The highest BCUT2D eigenvalue weighted by atomic mass is 32.2. The number of nitrogens with one attached hydrogen (secondary N) is 1. The highest BCUT2D eigenvalue weighted by molar-refractivity contribution is 7.99. The highest BCUT2D eigenvalue weighted by Gasteiger charge is 2.07. The van der Waals surface area contributed by atoms with Crippen LogP contribution in [0.3, 0.4) is 0 Å². The second-order valence-corrected chi connectivity index (χ2v) is 5.59. The summed E-state index contributed by atoms with van der Waals surface area (Å²) in [5.41, 5.74) is 0. The molecule has 100 valence electrons. The van der Waals surface area contributed by atoms with Crippen molar-refractivity contribution in [2.45, 2.75) is 43.5 Å². The minimum Gasteiger partial charge on any atom is -0.313 e. The Morgan fingerprint density at radius 2 is 2.11 bits per heavy atom. The highest BCUT2D eigenvalue weighted by Crippen LogP contribution is 2.19. The van der Waals surface area contributed by atoms with E-state index in [1.165, 1.54) is 24.2 Å². The molecule has 0 aliphatic heterocycles. The van der Waals surface area contributed by atoms with Crippen molar-refractivity contribution in [3.05, 3.63) is 43.0 Å². The van der Waals surface area contributed by atoms with E-state index in [9.17, 15) is 0 Å². The molecule has 0 bridgehead atoms. The summed E-state index contributed by atoms with van der Waals surface area (Å²) in [5.74, 6) is 1.15. The Morgan fingerprint density at radius 3 is 2.78 bits per heavy atom. The Hall–Kier alpha value is -0.730. The number of thioether (sulfide) groups is 1.